The van der Waals surface area contributed by atoms with Crippen molar-refractivity contribution in [2.24, 2.45) is 17.8 Å². The minimum atomic E-state index is -4.31. The normalized spacial score (nSPS) is 33.3. The van der Waals surface area contributed by atoms with Crippen LogP contribution in [0, 0.1) is 17.8 Å². The van der Waals surface area contributed by atoms with Gasteiger partial charge in [-0.1, -0.05) is 12.8 Å². The zero-order chi connectivity index (χ0) is 14.8. The lowest BCUT2D eigenvalue weighted by atomic mass is 9.78. The number of carbonyl (C=O) groups is 1. The summed E-state index contributed by atoms with van der Waals surface area (Å²) in [5.74, 6) is -3.14. The summed E-state index contributed by atoms with van der Waals surface area (Å²) in [6.45, 7) is 1.28. The predicted molar refractivity (Wildman–Crippen MR) is 74.1 cm³/mol. The maximum absolute atomic E-state index is 12.9. The van der Waals surface area contributed by atoms with Crippen LogP contribution in [0.5, 0.6) is 0 Å². The van der Waals surface area contributed by atoms with E-state index in [0.717, 1.165) is 0 Å². The fraction of sp³-hybridized carbons (Fsp3) is 0.923. The van der Waals surface area contributed by atoms with Crippen LogP contribution in [0.15, 0.2) is 0 Å². The van der Waals surface area contributed by atoms with Crippen LogP contribution in [0.2, 0.25) is 0 Å². The largest absolute Gasteiger partial charge is 0.392 e. The third-order valence-electron chi connectivity index (χ3n) is 4.37. The van der Waals surface area contributed by atoms with Crippen LogP contribution < -0.4 is 10.6 Å². The summed E-state index contributed by atoms with van der Waals surface area (Å²) in [5, 5.41) is 15.2. The van der Waals surface area contributed by atoms with Crippen LogP contribution >= 0.6 is 12.4 Å². The number of hydrogen-bond acceptors (Lipinski definition) is 3. The first-order valence-corrected chi connectivity index (χ1v) is 7.13. The summed E-state index contributed by atoms with van der Waals surface area (Å²) in [6.07, 6.45) is -3.33. The average Bonchev–Trinajstić information content (AvgIpc) is 2.80. The lowest BCUT2D eigenvalue weighted by molar-refractivity contribution is -0.198. The van der Waals surface area contributed by atoms with Crippen LogP contribution in [-0.4, -0.2) is 42.9 Å². The Morgan fingerprint density at radius 1 is 1.24 bits per heavy atom. The molecule has 1 aliphatic heterocycles. The minimum Gasteiger partial charge on any atom is -0.391 e. The standard InChI is InChI=1S/C13H21F3N2O2.ClH/c14-13(15,16)10-4-2-1-3-9(10)12(20)18-6-8-5-17-7-11(8)19;/h8-11,17,19H,1-7H2,(H,18,20);1H. The summed E-state index contributed by atoms with van der Waals surface area (Å²) >= 11 is 0. The first-order valence-electron chi connectivity index (χ1n) is 7.13. The van der Waals surface area contributed by atoms with E-state index in [4.69, 9.17) is 0 Å². The van der Waals surface area contributed by atoms with Crippen molar-refractivity contribution in [3.63, 3.8) is 0 Å². The number of β-amino-alcohol motifs (C(OH)–C–C–N with tert-alkyl or cyclic N) is 1. The minimum absolute atomic E-state index is 0. The topological polar surface area (TPSA) is 61.4 Å². The molecule has 0 aromatic carbocycles. The molecule has 2 fully saturated rings. The summed E-state index contributed by atoms with van der Waals surface area (Å²) in [6, 6.07) is 0. The van der Waals surface area contributed by atoms with Crippen molar-refractivity contribution >= 4 is 18.3 Å². The molecule has 0 radical (unpaired) electrons. The molecule has 0 bridgehead atoms. The van der Waals surface area contributed by atoms with Gasteiger partial charge in [-0.25, -0.2) is 0 Å². The average molecular weight is 331 g/mol. The van der Waals surface area contributed by atoms with Crippen LogP contribution in [0.1, 0.15) is 25.7 Å². The highest BCUT2D eigenvalue weighted by molar-refractivity contribution is 5.85. The van der Waals surface area contributed by atoms with Crippen LogP contribution in [0.25, 0.3) is 0 Å². The van der Waals surface area contributed by atoms with E-state index < -0.39 is 30.0 Å². The summed E-state index contributed by atoms with van der Waals surface area (Å²) < 4.78 is 38.8. The molecule has 124 valence electrons. The number of amides is 1. The molecule has 21 heavy (non-hydrogen) atoms. The van der Waals surface area contributed by atoms with Crippen molar-refractivity contribution < 1.29 is 23.1 Å². The lowest BCUT2D eigenvalue weighted by Gasteiger charge is -2.32. The van der Waals surface area contributed by atoms with E-state index in [1.165, 1.54) is 0 Å². The van der Waals surface area contributed by atoms with Gasteiger partial charge in [0.05, 0.1) is 12.0 Å². The van der Waals surface area contributed by atoms with Crippen LogP contribution in [0.3, 0.4) is 0 Å². The van der Waals surface area contributed by atoms with Crippen molar-refractivity contribution in [3.05, 3.63) is 0 Å². The second kappa shape index (κ2) is 7.65. The molecule has 2 aliphatic rings. The van der Waals surface area contributed by atoms with Crippen molar-refractivity contribution in [1.82, 2.24) is 10.6 Å². The van der Waals surface area contributed by atoms with Crippen molar-refractivity contribution in [2.45, 2.75) is 38.0 Å². The van der Waals surface area contributed by atoms with E-state index in [2.05, 4.69) is 10.6 Å². The van der Waals surface area contributed by atoms with Gasteiger partial charge in [-0.05, 0) is 12.8 Å². The highest BCUT2D eigenvalue weighted by atomic mass is 35.5. The SMILES string of the molecule is Cl.O=C(NCC1CNCC1O)C1CCCCC1C(F)(F)F. The number of hydrogen-bond donors (Lipinski definition) is 3. The van der Waals surface area contributed by atoms with E-state index in [9.17, 15) is 23.1 Å². The molecule has 0 aromatic heterocycles. The maximum atomic E-state index is 12.9. The zero-order valence-electron chi connectivity index (χ0n) is 11.7. The molecule has 4 atom stereocenters. The molecule has 1 aliphatic carbocycles. The Bertz CT molecular complexity index is 355. The molecule has 8 heteroatoms. The molecule has 4 nitrogen and oxygen atoms in total. The number of aliphatic hydroxyl groups is 1. The molecule has 0 aromatic rings. The van der Waals surface area contributed by atoms with Gasteiger partial charge < -0.3 is 15.7 Å². The van der Waals surface area contributed by atoms with Crippen LogP contribution in [-0.2, 0) is 4.79 Å². The second-order valence-electron chi connectivity index (χ2n) is 5.77. The number of carbonyl (C=O) groups excluding carboxylic acids is 1. The molecule has 2 rings (SSSR count). The third-order valence-corrected chi connectivity index (χ3v) is 4.37. The highest BCUT2D eigenvalue weighted by Crippen LogP contribution is 2.41. The van der Waals surface area contributed by atoms with Gasteiger partial charge in [0.2, 0.25) is 5.91 Å². The molecular formula is C13H22ClF3N2O2. The molecule has 3 N–H and O–H groups in total. The first-order chi connectivity index (χ1) is 9.39. The van der Waals surface area contributed by atoms with Gasteiger partial charge in [0.15, 0.2) is 0 Å². The predicted octanol–water partition coefficient (Wildman–Crippen LogP) is 1.47. The van der Waals surface area contributed by atoms with Crippen LogP contribution in [0.4, 0.5) is 13.2 Å². The molecule has 1 saturated carbocycles. The molecule has 1 heterocycles. The van der Waals surface area contributed by atoms with Gasteiger partial charge in [0, 0.05) is 31.5 Å². The van der Waals surface area contributed by atoms with Gasteiger partial charge in [-0.3, -0.25) is 4.79 Å². The quantitative estimate of drug-likeness (QED) is 0.734. The number of aliphatic hydroxyl groups excluding tert-OH is 1. The molecule has 0 spiro atoms. The Labute approximate surface area is 128 Å². The second-order valence-corrected chi connectivity index (χ2v) is 5.77. The number of halogens is 4. The number of nitrogens with one attached hydrogen (secondary N) is 2. The Morgan fingerprint density at radius 2 is 1.90 bits per heavy atom. The molecule has 1 amide bonds. The van der Waals surface area contributed by atoms with Gasteiger partial charge in [0.1, 0.15) is 0 Å². The fourth-order valence-corrected chi connectivity index (χ4v) is 3.13. The smallest absolute Gasteiger partial charge is 0.391 e. The van der Waals surface area contributed by atoms with Gasteiger partial charge >= 0.3 is 6.18 Å². The Balaban J connectivity index is 0.00000220. The van der Waals surface area contributed by atoms with Gasteiger partial charge in [-0.2, -0.15) is 13.2 Å². The Hall–Kier alpha value is -0.530. The number of rotatable bonds is 3. The summed E-state index contributed by atoms with van der Waals surface area (Å²) in [4.78, 5) is 12.0. The Kier molecular flexibility index (Phi) is 6.74. The highest BCUT2D eigenvalue weighted by Gasteiger charge is 2.48. The number of alkyl halides is 3. The van der Waals surface area contributed by atoms with Gasteiger partial charge in [0.25, 0.3) is 0 Å². The van der Waals surface area contributed by atoms with Gasteiger partial charge in [-0.15, -0.1) is 12.4 Å². The summed E-state index contributed by atoms with van der Waals surface area (Å²) in [5.41, 5.74) is 0. The zero-order valence-corrected chi connectivity index (χ0v) is 12.5. The molecular weight excluding hydrogens is 309 g/mol. The van der Waals surface area contributed by atoms with E-state index in [-0.39, 0.29) is 31.3 Å². The molecule has 1 saturated heterocycles. The maximum Gasteiger partial charge on any atom is 0.392 e. The lowest BCUT2D eigenvalue weighted by Crippen LogP contribution is -2.44. The first kappa shape index (κ1) is 18.5. The monoisotopic (exact) mass is 330 g/mol. The van der Waals surface area contributed by atoms with E-state index in [1.54, 1.807) is 0 Å². The third kappa shape index (κ3) is 4.72. The van der Waals surface area contributed by atoms with E-state index in [0.29, 0.717) is 32.4 Å². The fourth-order valence-electron chi connectivity index (χ4n) is 3.13. The van der Waals surface area contributed by atoms with Crippen molar-refractivity contribution in [1.29, 1.82) is 0 Å². The van der Waals surface area contributed by atoms with E-state index >= 15 is 0 Å². The van der Waals surface area contributed by atoms with Crippen molar-refractivity contribution in [2.75, 3.05) is 19.6 Å². The molecule has 4 unspecified atom stereocenters. The Morgan fingerprint density at radius 3 is 2.48 bits per heavy atom. The van der Waals surface area contributed by atoms with E-state index in [1.807, 2.05) is 0 Å². The summed E-state index contributed by atoms with van der Waals surface area (Å²) in [7, 11) is 0. The van der Waals surface area contributed by atoms with Crippen molar-refractivity contribution in [3.8, 4) is 0 Å².